The molecule has 11 heteroatoms. The van der Waals surface area contributed by atoms with Crippen molar-refractivity contribution in [2.75, 3.05) is 52.6 Å². The summed E-state index contributed by atoms with van der Waals surface area (Å²) in [5.74, 6) is 3.41. The number of hydrogen-bond donors (Lipinski definition) is 4. The highest BCUT2D eigenvalue weighted by molar-refractivity contribution is 6.00. The van der Waals surface area contributed by atoms with Gasteiger partial charge in [-0.05, 0) is 48.5 Å². The maximum atomic E-state index is 8.59. The van der Waals surface area contributed by atoms with E-state index >= 15 is 0 Å². The highest BCUT2D eigenvalue weighted by Crippen LogP contribution is 2.29. The Morgan fingerprint density at radius 1 is 0.641 bits per heavy atom. The second-order valence-corrected chi connectivity index (χ2v) is 9.69. The Kier molecular flexibility index (Phi) is 5.86. The van der Waals surface area contributed by atoms with Gasteiger partial charge in [0.15, 0.2) is 23.2 Å². The molecule has 0 aliphatic carbocycles. The van der Waals surface area contributed by atoms with Crippen molar-refractivity contribution in [3.05, 3.63) is 59.7 Å². The van der Waals surface area contributed by atoms with Gasteiger partial charge in [0.1, 0.15) is 11.7 Å². The van der Waals surface area contributed by atoms with E-state index in [2.05, 4.69) is 9.97 Å². The van der Waals surface area contributed by atoms with Crippen LogP contribution in [0.25, 0.3) is 45.2 Å². The van der Waals surface area contributed by atoms with E-state index in [4.69, 9.17) is 34.7 Å². The number of H-pyrrole nitrogens is 2. The number of rotatable bonds is 4. The average Bonchev–Trinajstić information content (AvgIpc) is 3.74. The third-order valence-corrected chi connectivity index (χ3v) is 7.24. The highest BCUT2D eigenvalue weighted by Gasteiger charge is 2.19. The Morgan fingerprint density at radius 2 is 1.08 bits per heavy atom. The predicted molar refractivity (Wildman–Crippen MR) is 147 cm³/mol. The molecule has 2 aliphatic heterocycles. The summed E-state index contributed by atoms with van der Waals surface area (Å²) in [6, 6.07) is 15.4. The fourth-order valence-electron chi connectivity index (χ4n) is 5.08. The molecule has 5 aromatic rings. The zero-order valence-corrected chi connectivity index (χ0v) is 21.3. The number of hydrogen-bond acceptors (Lipinski definition) is 7. The number of nitrogens with zero attached hydrogens (tertiary/aromatic N) is 4. The highest BCUT2D eigenvalue weighted by atomic mass is 16.5. The minimum absolute atomic E-state index is 0.491. The molecule has 0 bridgehead atoms. The van der Waals surface area contributed by atoms with Gasteiger partial charge >= 0.3 is 0 Å². The van der Waals surface area contributed by atoms with E-state index in [-0.39, 0.29) is 0 Å². The summed E-state index contributed by atoms with van der Waals surface area (Å²) in [4.78, 5) is 20.1. The molecule has 0 spiro atoms. The molecule has 39 heavy (non-hydrogen) atoms. The van der Waals surface area contributed by atoms with Crippen LogP contribution in [-0.4, -0.2) is 94.0 Å². The molecule has 0 amide bonds. The van der Waals surface area contributed by atoms with Crippen LogP contribution in [-0.2, 0) is 9.47 Å². The average molecular weight is 525 g/mol. The molecule has 0 unspecified atom stereocenters. The summed E-state index contributed by atoms with van der Waals surface area (Å²) in [6.45, 7) is 5.46. The van der Waals surface area contributed by atoms with Gasteiger partial charge in [-0.3, -0.25) is 10.8 Å². The van der Waals surface area contributed by atoms with Crippen molar-refractivity contribution in [3.8, 4) is 23.2 Å². The first-order valence-electron chi connectivity index (χ1n) is 13.1. The van der Waals surface area contributed by atoms with Crippen LogP contribution in [0.3, 0.4) is 0 Å². The fraction of sp³-hybridized carbons (Fsp3) is 0.286. The lowest BCUT2D eigenvalue weighted by Crippen LogP contribution is -2.40. The van der Waals surface area contributed by atoms with Crippen molar-refractivity contribution in [2.24, 2.45) is 0 Å². The maximum absolute atomic E-state index is 8.59. The Labute approximate surface area is 223 Å². The van der Waals surface area contributed by atoms with Crippen LogP contribution in [0.2, 0.25) is 0 Å². The summed E-state index contributed by atoms with van der Waals surface area (Å²) >= 11 is 0. The molecule has 3 aromatic heterocycles. The summed E-state index contributed by atoms with van der Waals surface area (Å²) in [5, 5.41) is 17.2. The van der Waals surface area contributed by atoms with Gasteiger partial charge in [0.2, 0.25) is 0 Å². The summed E-state index contributed by atoms with van der Waals surface area (Å²) in [6.07, 6.45) is 0. The largest absolute Gasteiger partial charge is 0.450 e. The molecule has 4 N–H and O–H groups in total. The van der Waals surface area contributed by atoms with Gasteiger partial charge in [-0.1, -0.05) is 0 Å². The van der Waals surface area contributed by atoms with Crippen LogP contribution in [0.5, 0.6) is 0 Å². The van der Waals surface area contributed by atoms with Gasteiger partial charge in [-0.15, -0.1) is 0 Å². The third-order valence-electron chi connectivity index (χ3n) is 7.24. The lowest BCUT2D eigenvalue weighted by Gasteiger charge is -2.29. The number of morpholine rings is 2. The predicted octanol–water partition coefficient (Wildman–Crippen LogP) is 3.68. The van der Waals surface area contributed by atoms with Crippen molar-refractivity contribution in [3.63, 3.8) is 0 Å². The zero-order chi connectivity index (χ0) is 26.3. The molecule has 2 fully saturated rings. The van der Waals surface area contributed by atoms with E-state index < -0.39 is 0 Å². The Balaban J connectivity index is 1.12. The molecule has 2 aliphatic rings. The number of nitrogens with one attached hydrogen (secondary N) is 4. The lowest BCUT2D eigenvalue weighted by atomic mass is 10.1. The standard InChI is InChI=1S/C28H28N8O3/c29-25(35-7-11-37-12-8-35)17-1-3-19-21(15-17)33-27(31-19)23-5-6-24(39-23)28-32-20-4-2-18(16-22(20)34-28)26(30)36-9-13-38-14-10-36/h1-6,15-16,29-30H,7-14H2,(H,31,33)(H,32,34). The van der Waals surface area contributed by atoms with Crippen LogP contribution in [0.4, 0.5) is 0 Å². The monoisotopic (exact) mass is 524 g/mol. The fourth-order valence-corrected chi connectivity index (χ4v) is 5.08. The number of amidine groups is 2. The van der Waals surface area contributed by atoms with Gasteiger partial charge in [0, 0.05) is 37.3 Å². The van der Waals surface area contributed by atoms with Crippen molar-refractivity contribution in [1.29, 1.82) is 10.8 Å². The summed E-state index contributed by atoms with van der Waals surface area (Å²) in [5.41, 5.74) is 4.97. The normalized spacial score (nSPS) is 16.3. The quantitative estimate of drug-likeness (QED) is 0.207. The smallest absolute Gasteiger partial charge is 0.174 e. The van der Waals surface area contributed by atoms with Crippen molar-refractivity contribution < 1.29 is 13.9 Å². The molecule has 7 rings (SSSR count). The van der Waals surface area contributed by atoms with E-state index in [0.717, 1.165) is 59.4 Å². The van der Waals surface area contributed by atoms with Crippen LogP contribution in [0, 0.1) is 10.8 Å². The van der Waals surface area contributed by atoms with E-state index in [0.29, 0.717) is 61.3 Å². The lowest BCUT2D eigenvalue weighted by molar-refractivity contribution is 0.0679. The minimum atomic E-state index is 0.491. The van der Waals surface area contributed by atoms with Gasteiger partial charge in [0.25, 0.3) is 0 Å². The number of aromatic nitrogens is 4. The SMILES string of the molecule is N=C(c1ccc2nc(-c3ccc(-c4nc5ccc(C(=N)N6CCOCC6)cc5[nH]4)o3)[nH]c2c1)N1CCOCC1. The van der Waals surface area contributed by atoms with Gasteiger partial charge in [-0.2, -0.15) is 0 Å². The van der Waals surface area contributed by atoms with Crippen LogP contribution in [0.15, 0.2) is 52.9 Å². The third kappa shape index (κ3) is 4.45. The zero-order valence-electron chi connectivity index (χ0n) is 21.3. The first-order chi connectivity index (χ1) is 19.1. The Hall–Kier alpha value is -4.48. The first-order valence-corrected chi connectivity index (χ1v) is 13.1. The van der Waals surface area contributed by atoms with Crippen molar-refractivity contribution >= 4 is 33.7 Å². The van der Waals surface area contributed by atoms with Gasteiger partial charge in [-0.25, -0.2) is 9.97 Å². The van der Waals surface area contributed by atoms with E-state index in [1.54, 1.807) is 0 Å². The van der Waals surface area contributed by atoms with Crippen LogP contribution < -0.4 is 0 Å². The molecule has 2 aromatic carbocycles. The van der Waals surface area contributed by atoms with Crippen LogP contribution in [0.1, 0.15) is 11.1 Å². The Morgan fingerprint density at radius 3 is 1.51 bits per heavy atom. The second-order valence-electron chi connectivity index (χ2n) is 9.69. The molecular weight excluding hydrogens is 496 g/mol. The molecule has 0 saturated carbocycles. The minimum Gasteiger partial charge on any atom is -0.450 e. The number of fused-ring (bicyclic) bond motifs is 2. The summed E-state index contributed by atoms with van der Waals surface area (Å²) in [7, 11) is 0. The summed E-state index contributed by atoms with van der Waals surface area (Å²) < 4.78 is 17.0. The van der Waals surface area contributed by atoms with Gasteiger partial charge < -0.3 is 33.7 Å². The number of imidazole rings is 2. The number of benzene rings is 2. The topological polar surface area (TPSA) is 143 Å². The van der Waals surface area contributed by atoms with Crippen molar-refractivity contribution in [2.45, 2.75) is 0 Å². The van der Waals surface area contributed by atoms with Crippen molar-refractivity contribution in [1.82, 2.24) is 29.7 Å². The Bertz CT molecular complexity index is 1560. The number of furan rings is 1. The van der Waals surface area contributed by atoms with E-state index in [1.165, 1.54) is 0 Å². The molecule has 0 atom stereocenters. The molecule has 2 saturated heterocycles. The number of ether oxygens (including phenoxy) is 2. The number of aromatic amines is 2. The molecule has 0 radical (unpaired) electrons. The molecule has 198 valence electrons. The first kappa shape index (κ1) is 23.6. The molecule has 5 heterocycles. The second kappa shape index (κ2) is 9.68. The van der Waals surface area contributed by atoms with Crippen LogP contribution >= 0.6 is 0 Å². The molecular formula is C28H28N8O3. The molecule has 11 nitrogen and oxygen atoms in total. The van der Waals surface area contributed by atoms with Gasteiger partial charge in [0.05, 0.1) is 48.5 Å². The maximum Gasteiger partial charge on any atom is 0.174 e. The van der Waals surface area contributed by atoms with E-state index in [9.17, 15) is 0 Å². The van der Waals surface area contributed by atoms with E-state index in [1.807, 2.05) is 58.3 Å².